The van der Waals surface area contributed by atoms with E-state index in [1.807, 2.05) is 0 Å². The van der Waals surface area contributed by atoms with Gasteiger partial charge < -0.3 is 4.57 Å². The van der Waals surface area contributed by atoms with Crippen molar-refractivity contribution >= 4 is 11.0 Å². The first kappa shape index (κ1) is 19.0. The number of hydrogen-bond acceptors (Lipinski definition) is 1. The summed E-state index contributed by atoms with van der Waals surface area (Å²) in [7, 11) is 0. The second kappa shape index (κ2) is 11.3. The summed E-state index contributed by atoms with van der Waals surface area (Å²) in [6.45, 7) is 4.58. The molecule has 0 fully saturated rings. The Morgan fingerprint density at radius 2 is 1.38 bits per heavy atom. The topological polar surface area (TPSA) is 17.8 Å². The van der Waals surface area contributed by atoms with Crippen LogP contribution in [0, 0.1) is 0 Å². The van der Waals surface area contributed by atoms with Crippen LogP contribution in [0.1, 0.15) is 96.9 Å². The largest absolute Gasteiger partial charge is 0.327 e. The van der Waals surface area contributed by atoms with E-state index < -0.39 is 0 Å². The quantitative estimate of drug-likeness (QED) is 0.353. The molecule has 0 aliphatic rings. The van der Waals surface area contributed by atoms with Gasteiger partial charge in [0.2, 0.25) is 0 Å². The molecule has 0 spiro atoms. The van der Waals surface area contributed by atoms with Crippen LogP contribution in [0.25, 0.3) is 11.0 Å². The average Bonchev–Trinajstić information content (AvgIpc) is 3.03. The number of unbranched alkanes of at least 4 members (excludes halogenated alkanes) is 8. The Hall–Kier alpha value is -1.31. The monoisotopic (exact) mass is 328 g/mol. The number of nitrogens with zero attached hydrogens (tertiary/aromatic N) is 2. The summed E-state index contributed by atoms with van der Waals surface area (Å²) in [6, 6.07) is 9.21. The van der Waals surface area contributed by atoms with Crippen molar-refractivity contribution in [1.29, 1.82) is 0 Å². The molecule has 0 N–H and O–H groups in total. The normalized spacial score (nSPS) is 11.6. The summed E-state index contributed by atoms with van der Waals surface area (Å²) in [4.78, 5) is 4.62. The molecule has 24 heavy (non-hydrogen) atoms. The lowest BCUT2D eigenvalue weighted by atomic mass is 10.00. The minimum atomic E-state index is 0.626. The first-order chi connectivity index (χ1) is 11.9. The first-order valence-electron chi connectivity index (χ1n) is 10.3. The van der Waals surface area contributed by atoms with Crippen LogP contribution in [-0.2, 0) is 0 Å². The van der Waals surface area contributed by atoms with Gasteiger partial charge in [0.25, 0.3) is 0 Å². The molecule has 1 heterocycles. The summed E-state index contributed by atoms with van der Waals surface area (Å²) in [5, 5.41) is 0. The molecule has 0 amide bonds. The van der Waals surface area contributed by atoms with Gasteiger partial charge in [0.05, 0.1) is 17.4 Å². The fraction of sp³-hybridized carbons (Fsp3) is 0.682. The van der Waals surface area contributed by atoms with Gasteiger partial charge in [-0.2, -0.15) is 0 Å². The minimum absolute atomic E-state index is 0.626. The minimum Gasteiger partial charge on any atom is -0.327 e. The van der Waals surface area contributed by atoms with Crippen molar-refractivity contribution in [3.8, 4) is 0 Å². The van der Waals surface area contributed by atoms with Crippen LogP contribution in [0.4, 0.5) is 0 Å². The molecule has 1 aromatic carbocycles. The summed E-state index contributed by atoms with van der Waals surface area (Å²) in [5.41, 5.74) is 2.45. The van der Waals surface area contributed by atoms with Gasteiger partial charge >= 0.3 is 0 Å². The predicted octanol–water partition coefficient (Wildman–Crippen LogP) is 7.30. The van der Waals surface area contributed by atoms with Gasteiger partial charge in [-0.1, -0.05) is 90.2 Å². The number of aromatic nitrogens is 2. The Kier molecular flexibility index (Phi) is 8.94. The number of benzene rings is 1. The van der Waals surface area contributed by atoms with Crippen molar-refractivity contribution in [2.24, 2.45) is 0 Å². The second-order valence-electron chi connectivity index (χ2n) is 7.20. The molecule has 0 radical (unpaired) electrons. The molecule has 0 aliphatic carbocycles. The van der Waals surface area contributed by atoms with Crippen LogP contribution < -0.4 is 0 Å². The molecular weight excluding hydrogens is 292 g/mol. The molecule has 0 saturated heterocycles. The number of rotatable bonds is 13. The Morgan fingerprint density at radius 3 is 2.00 bits per heavy atom. The summed E-state index contributed by atoms with van der Waals surface area (Å²) in [5.74, 6) is 0. The van der Waals surface area contributed by atoms with E-state index in [0.29, 0.717) is 6.04 Å². The number of imidazole rings is 1. The van der Waals surface area contributed by atoms with E-state index in [9.17, 15) is 0 Å². The molecular formula is C22H36N2. The van der Waals surface area contributed by atoms with Crippen molar-refractivity contribution in [1.82, 2.24) is 9.55 Å². The number of fused-ring (bicyclic) bond motifs is 1. The van der Waals surface area contributed by atoms with Crippen molar-refractivity contribution in [2.75, 3.05) is 0 Å². The highest BCUT2D eigenvalue weighted by molar-refractivity contribution is 5.75. The maximum atomic E-state index is 4.62. The molecule has 134 valence electrons. The highest BCUT2D eigenvalue weighted by Crippen LogP contribution is 2.27. The summed E-state index contributed by atoms with van der Waals surface area (Å²) >= 11 is 0. The van der Waals surface area contributed by atoms with Crippen LogP contribution >= 0.6 is 0 Å². The maximum absolute atomic E-state index is 4.62. The van der Waals surface area contributed by atoms with E-state index in [-0.39, 0.29) is 0 Å². The lowest BCUT2D eigenvalue weighted by Gasteiger charge is -2.20. The zero-order valence-electron chi connectivity index (χ0n) is 15.8. The molecule has 1 aromatic heterocycles. The van der Waals surface area contributed by atoms with E-state index in [1.54, 1.807) is 0 Å². The molecule has 2 heteroatoms. The molecule has 2 nitrogen and oxygen atoms in total. The van der Waals surface area contributed by atoms with Gasteiger partial charge in [-0.3, -0.25) is 0 Å². The lowest BCUT2D eigenvalue weighted by Crippen LogP contribution is -2.08. The standard InChI is InChI=1S/C22H36N2/c1-3-5-7-9-11-15-20(16-12-10-8-6-4-2)24-19-23-21-17-13-14-18-22(21)24/h13-14,17-20H,3-12,15-16H2,1-2H3. The van der Waals surface area contributed by atoms with Crippen LogP contribution in [0.5, 0.6) is 0 Å². The van der Waals surface area contributed by atoms with Crippen molar-refractivity contribution in [2.45, 2.75) is 96.9 Å². The van der Waals surface area contributed by atoms with Gasteiger partial charge in [-0.05, 0) is 25.0 Å². The van der Waals surface area contributed by atoms with E-state index in [2.05, 4.69) is 54.0 Å². The third-order valence-electron chi connectivity index (χ3n) is 5.16. The first-order valence-corrected chi connectivity index (χ1v) is 10.3. The van der Waals surface area contributed by atoms with E-state index >= 15 is 0 Å². The van der Waals surface area contributed by atoms with Crippen LogP contribution in [0.2, 0.25) is 0 Å². The Balaban J connectivity index is 1.93. The fourth-order valence-electron chi connectivity index (χ4n) is 3.66. The highest BCUT2D eigenvalue weighted by Gasteiger charge is 2.13. The maximum Gasteiger partial charge on any atom is 0.0960 e. The Labute approximate surface area is 148 Å². The van der Waals surface area contributed by atoms with E-state index in [4.69, 9.17) is 0 Å². The number of para-hydroxylation sites is 2. The van der Waals surface area contributed by atoms with Gasteiger partial charge in [-0.25, -0.2) is 4.98 Å². The third-order valence-corrected chi connectivity index (χ3v) is 5.16. The smallest absolute Gasteiger partial charge is 0.0960 e. The van der Waals surface area contributed by atoms with Gasteiger partial charge in [0.1, 0.15) is 0 Å². The molecule has 0 atom stereocenters. The molecule has 2 aromatic rings. The van der Waals surface area contributed by atoms with Crippen molar-refractivity contribution < 1.29 is 0 Å². The van der Waals surface area contributed by atoms with E-state index in [1.165, 1.54) is 82.6 Å². The van der Waals surface area contributed by atoms with Gasteiger partial charge in [-0.15, -0.1) is 0 Å². The highest BCUT2D eigenvalue weighted by atomic mass is 15.1. The summed E-state index contributed by atoms with van der Waals surface area (Å²) < 4.78 is 2.45. The lowest BCUT2D eigenvalue weighted by molar-refractivity contribution is 0.402. The zero-order valence-corrected chi connectivity index (χ0v) is 15.8. The van der Waals surface area contributed by atoms with Gasteiger partial charge in [0.15, 0.2) is 0 Å². The molecule has 2 rings (SSSR count). The SMILES string of the molecule is CCCCCCCC(CCCCCCC)n1cnc2ccccc21. The van der Waals surface area contributed by atoms with Gasteiger partial charge in [0, 0.05) is 6.04 Å². The van der Waals surface area contributed by atoms with Crippen LogP contribution in [-0.4, -0.2) is 9.55 Å². The average molecular weight is 329 g/mol. The molecule has 0 aliphatic heterocycles. The van der Waals surface area contributed by atoms with E-state index in [0.717, 1.165) is 5.52 Å². The van der Waals surface area contributed by atoms with Crippen LogP contribution in [0.15, 0.2) is 30.6 Å². The predicted molar refractivity (Wildman–Crippen MR) is 106 cm³/mol. The van der Waals surface area contributed by atoms with Crippen molar-refractivity contribution in [3.63, 3.8) is 0 Å². The summed E-state index contributed by atoms with van der Waals surface area (Å²) in [6.07, 6.45) is 18.4. The Morgan fingerprint density at radius 1 is 0.792 bits per heavy atom. The molecule has 0 unspecified atom stereocenters. The van der Waals surface area contributed by atoms with Crippen LogP contribution in [0.3, 0.4) is 0 Å². The molecule has 0 saturated carbocycles. The number of hydrogen-bond donors (Lipinski definition) is 0. The second-order valence-corrected chi connectivity index (χ2v) is 7.20. The van der Waals surface area contributed by atoms with Crippen molar-refractivity contribution in [3.05, 3.63) is 30.6 Å². The molecule has 0 bridgehead atoms. The Bertz CT molecular complexity index is 544. The third kappa shape index (κ3) is 5.96. The fourth-order valence-corrected chi connectivity index (χ4v) is 3.66. The zero-order chi connectivity index (χ0) is 17.0.